The van der Waals surface area contributed by atoms with E-state index in [1.54, 1.807) is 7.05 Å². The Morgan fingerprint density at radius 1 is 1.38 bits per heavy atom. The quantitative estimate of drug-likeness (QED) is 0.859. The predicted molar refractivity (Wildman–Crippen MR) is 81.4 cm³/mol. The van der Waals surface area contributed by atoms with Crippen LogP contribution in [-0.4, -0.2) is 49.7 Å². The first-order valence-electron chi connectivity index (χ1n) is 7.27. The van der Waals surface area contributed by atoms with Crippen molar-refractivity contribution in [3.63, 3.8) is 0 Å². The zero-order valence-electron chi connectivity index (χ0n) is 13.4. The molecule has 5 nitrogen and oxygen atoms in total. The van der Waals surface area contributed by atoms with E-state index >= 15 is 0 Å². The summed E-state index contributed by atoms with van der Waals surface area (Å²) in [7, 11) is 5.81. The van der Waals surface area contributed by atoms with Crippen LogP contribution in [0.3, 0.4) is 0 Å². The van der Waals surface area contributed by atoms with Crippen molar-refractivity contribution in [3.05, 3.63) is 29.3 Å². The fourth-order valence-corrected chi connectivity index (χ4v) is 2.63. The first kappa shape index (κ1) is 15.8. The molecule has 0 spiro atoms. The molecule has 0 unspecified atom stereocenters. The minimum Gasteiger partial charge on any atom is -0.410 e. The molecular weight excluding hydrogens is 268 g/mol. The monoisotopic (exact) mass is 292 g/mol. The summed E-state index contributed by atoms with van der Waals surface area (Å²) < 4.78 is 11.2. The van der Waals surface area contributed by atoms with Crippen molar-refractivity contribution < 1.29 is 14.3 Å². The van der Waals surface area contributed by atoms with E-state index in [1.807, 2.05) is 39.2 Å². The summed E-state index contributed by atoms with van der Waals surface area (Å²) in [5, 5.41) is 0. The van der Waals surface area contributed by atoms with Gasteiger partial charge in [0.25, 0.3) is 0 Å². The number of nitrogens with zero attached hydrogens (tertiary/aromatic N) is 2. The highest BCUT2D eigenvalue weighted by atomic mass is 16.6. The van der Waals surface area contributed by atoms with E-state index in [0.717, 1.165) is 5.56 Å². The van der Waals surface area contributed by atoms with Crippen molar-refractivity contribution in [1.29, 1.82) is 0 Å². The van der Waals surface area contributed by atoms with E-state index < -0.39 is 0 Å². The summed E-state index contributed by atoms with van der Waals surface area (Å²) in [6, 6.07) is 6.01. The minimum atomic E-state index is -0.341. The Balaban J connectivity index is 2.22. The highest BCUT2D eigenvalue weighted by Gasteiger charge is 2.29. The van der Waals surface area contributed by atoms with E-state index in [1.165, 1.54) is 10.5 Å². The van der Waals surface area contributed by atoms with Crippen LogP contribution >= 0.6 is 0 Å². The van der Waals surface area contributed by atoms with E-state index in [4.69, 9.17) is 9.47 Å². The molecule has 0 bridgehead atoms. The van der Waals surface area contributed by atoms with Gasteiger partial charge in [-0.05, 0) is 51.2 Å². The molecule has 1 aromatic carbocycles. The van der Waals surface area contributed by atoms with Crippen LogP contribution in [-0.2, 0) is 11.3 Å². The van der Waals surface area contributed by atoms with E-state index in [2.05, 4.69) is 11.8 Å². The van der Waals surface area contributed by atoms with Gasteiger partial charge in [0.05, 0.1) is 18.8 Å². The van der Waals surface area contributed by atoms with Crippen LogP contribution in [0.1, 0.15) is 31.0 Å². The molecule has 0 radical (unpaired) electrons. The molecule has 1 heterocycles. The maximum Gasteiger partial charge on any atom is 0.414 e. The first-order valence-corrected chi connectivity index (χ1v) is 7.27. The summed E-state index contributed by atoms with van der Waals surface area (Å²) in [5.74, 6) is 0.565. The fourth-order valence-electron chi connectivity index (χ4n) is 2.63. The summed E-state index contributed by atoms with van der Waals surface area (Å²) >= 11 is 0. The second-order valence-corrected chi connectivity index (χ2v) is 5.67. The van der Waals surface area contributed by atoms with Gasteiger partial charge in [-0.15, -0.1) is 0 Å². The van der Waals surface area contributed by atoms with E-state index in [0.29, 0.717) is 18.9 Å². The van der Waals surface area contributed by atoms with Crippen LogP contribution in [0.2, 0.25) is 0 Å². The zero-order chi connectivity index (χ0) is 15.6. The van der Waals surface area contributed by atoms with Crippen LogP contribution in [0.25, 0.3) is 0 Å². The number of rotatable bonds is 3. The summed E-state index contributed by atoms with van der Waals surface area (Å²) in [6.45, 7) is 5.16. The largest absolute Gasteiger partial charge is 0.414 e. The van der Waals surface area contributed by atoms with Crippen molar-refractivity contribution in [2.24, 2.45) is 0 Å². The maximum absolute atomic E-state index is 11.8. The number of likely N-dealkylation sites (N-methyl/N-ethyl adjacent to an activating group) is 1. The number of hydrogen-bond acceptors (Lipinski definition) is 4. The lowest BCUT2D eigenvalue weighted by molar-refractivity contribution is -0.0168. The number of hydrogen-bond donors (Lipinski definition) is 0. The Hall–Kier alpha value is -1.59. The number of carbonyl (C=O) groups excluding carboxylic acids is 1. The number of carbonyl (C=O) groups is 1. The topological polar surface area (TPSA) is 42.0 Å². The lowest BCUT2D eigenvalue weighted by atomic mass is 9.93. The zero-order valence-corrected chi connectivity index (χ0v) is 13.4. The number of fused-ring (bicyclic) bond motifs is 1. The Kier molecular flexibility index (Phi) is 4.85. The average Bonchev–Trinajstić information content (AvgIpc) is 2.45. The average molecular weight is 292 g/mol. The molecule has 2 rings (SSSR count). The molecule has 5 heteroatoms. The third-order valence-electron chi connectivity index (χ3n) is 3.93. The molecule has 1 amide bonds. The Labute approximate surface area is 126 Å². The Morgan fingerprint density at radius 2 is 2.10 bits per heavy atom. The standard InChI is InChI=1S/C16H24N2O3/c1-6-18(5)16(19)21-13-7-8-14-12(9-13)10-20-11(2)15(14)17(3)4/h7-9,11,15H,6,10H2,1-5H3/t11-,15-/m1/s1. The molecule has 21 heavy (non-hydrogen) atoms. The molecule has 0 aliphatic carbocycles. The molecule has 1 aromatic rings. The van der Waals surface area contributed by atoms with Crippen molar-refractivity contribution in [1.82, 2.24) is 9.80 Å². The summed E-state index contributed by atoms with van der Waals surface area (Å²) in [6.07, 6.45) is -0.196. The smallest absolute Gasteiger partial charge is 0.410 e. The minimum absolute atomic E-state index is 0.145. The van der Waals surface area contributed by atoms with Crippen molar-refractivity contribution in [2.75, 3.05) is 27.7 Å². The summed E-state index contributed by atoms with van der Waals surface area (Å²) in [5.41, 5.74) is 2.32. The van der Waals surface area contributed by atoms with Gasteiger partial charge in [0.2, 0.25) is 0 Å². The summed E-state index contributed by atoms with van der Waals surface area (Å²) in [4.78, 5) is 15.5. The molecule has 0 N–H and O–H groups in total. The van der Waals surface area contributed by atoms with Crippen LogP contribution < -0.4 is 4.74 Å². The maximum atomic E-state index is 11.8. The van der Waals surface area contributed by atoms with Gasteiger partial charge >= 0.3 is 6.09 Å². The molecule has 0 saturated carbocycles. The number of ether oxygens (including phenoxy) is 2. The third-order valence-corrected chi connectivity index (χ3v) is 3.93. The van der Waals surface area contributed by atoms with E-state index in [9.17, 15) is 4.79 Å². The first-order chi connectivity index (χ1) is 9.93. The Morgan fingerprint density at radius 3 is 2.71 bits per heavy atom. The van der Waals surface area contributed by atoms with Crippen molar-refractivity contribution in [3.8, 4) is 5.75 Å². The van der Waals surface area contributed by atoms with Gasteiger partial charge in [0.1, 0.15) is 5.75 Å². The van der Waals surface area contributed by atoms with E-state index in [-0.39, 0.29) is 18.2 Å². The molecular formula is C16H24N2O3. The second kappa shape index (κ2) is 6.45. The molecule has 0 fully saturated rings. The van der Waals surface area contributed by atoms with Crippen LogP contribution in [0.4, 0.5) is 4.79 Å². The van der Waals surface area contributed by atoms with Gasteiger partial charge in [-0.25, -0.2) is 4.79 Å². The van der Waals surface area contributed by atoms with Gasteiger partial charge in [0.15, 0.2) is 0 Å². The third kappa shape index (κ3) is 3.36. The van der Waals surface area contributed by atoms with Crippen molar-refractivity contribution in [2.45, 2.75) is 32.6 Å². The lowest BCUT2D eigenvalue weighted by Crippen LogP contribution is -2.35. The van der Waals surface area contributed by atoms with Crippen LogP contribution in [0.15, 0.2) is 18.2 Å². The predicted octanol–water partition coefficient (Wildman–Crippen LogP) is 2.66. The highest BCUT2D eigenvalue weighted by Crippen LogP contribution is 2.34. The number of amides is 1. The molecule has 1 aliphatic heterocycles. The molecule has 2 atom stereocenters. The SMILES string of the molecule is CCN(C)C(=O)Oc1ccc2c(c1)CO[C@H](C)[C@H]2N(C)C. The van der Waals surface area contributed by atoms with Gasteiger partial charge < -0.3 is 19.3 Å². The van der Waals surface area contributed by atoms with Crippen LogP contribution in [0.5, 0.6) is 5.75 Å². The number of benzene rings is 1. The highest BCUT2D eigenvalue weighted by molar-refractivity contribution is 5.70. The Bertz CT molecular complexity index is 516. The van der Waals surface area contributed by atoms with Gasteiger partial charge in [-0.2, -0.15) is 0 Å². The molecule has 0 saturated heterocycles. The van der Waals surface area contributed by atoms with Gasteiger partial charge in [0, 0.05) is 13.6 Å². The second-order valence-electron chi connectivity index (χ2n) is 5.67. The van der Waals surface area contributed by atoms with Gasteiger partial charge in [-0.1, -0.05) is 6.07 Å². The molecule has 116 valence electrons. The molecule has 0 aromatic heterocycles. The van der Waals surface area contributed by atoms with Crippen molar-refractivity contribution >= 4 is 6.09 Å². The fraction of sp³-hybridized carbons (Fsp3) is 0.562. The normalized spacial score (nSPS) is 21.0. The van der Waals surface area contributed by atoms with Gasteiger partial charge in [-0.3, -0.25) is 0 Å². The van der Waals surface area contributed by atoms with Crippen LogP contribution in [0, 0.1) is 0 Å². The lowest BCUT2D eigenvalue weighted by Gasteiger charge is -2.36. The molecule has 1 aliphatic rings.